The zero-order valence-electron chi connectivity index (χ0n) is 12.3. The highest BCUT2D eigenvalue weighted by Gasteiger charge is 2.09. The van der Waals surface area contributed by atoms with Gasteiger partial charge < -0.3 is 15.1 Å². The first kappa shape index (κ1) is 15.4. The Hall–Kier alpha value is -3.00. The summed E-state index contributed by atoms with van der Waals surface area (Å²) in [5.74, 6) is 0.203. The van der Waals surface area contributed by atoms with Crippen molar-refractivity contribution >= 4 is 5.91 Å². The van der Waals surface area contributed by atoms with Crippen LogP contribution >= 0.6 is 0 Å². The number of hydrogen-bond acceptors (Lipinski definition) is 4. The molecule has 112 valence electrons. The van der Waals surface area contributed by atoms with E-state index in [0.29, 0.717) is 12.3 Å². The molecule has 1 amide bonds. The van der Waals surface area contributed by atoms with E-state index >= 15 is 0 Å². The van der Waals surface area contributed by atoms with E-state index in [2.05, 4.69) is 10.6 Å². The molecular formula is C17H17N3O2. The van der Waals surface area contributed by atoms with Gasteiger partial charge in [0.15, 0.2) is 0 Å². The smallest absolute Gasteiger partial charge is 0.263 e. The zero-order valence-corrected chi connectivity index (χ0v) is 12.3. The number of benzene rings is 1. The quantitative estimate of drug-likeness (QED) is 0.633. The molecule has 0 unspecified atom stereocenters. The van der Waals surface area contributed by atoms with E-state index in [-0.39, 0.29) is 12.1 Å². The van der Waals surface area contributed by atoms with Crippen molar-refractivity contribution in [3.8, 4) is 6.07 Å². The van der Waals surface area contributed by atoms with Crippen LogP contribution in [0.5, 0.6) is 0 Å². The minimum Gasteiger partial charge on any atom is -0.467 e. The SMILES string of the molecule is Cc1ccccc1CN/C=C(/C#N)C(=O)NCc1ccco1. The average molecular weight is 295 g/mol. The number of hydrogen-bond donors (Lipinski definition) is 2. The molecule has 0 spiro atoms. The van der Waals surface area contributed by atoms with Crippen LogP contribution in [0.15, 0.2) is 58.9 Å². The predicted molar refractivity (Wildman–Crippen MR) is 82.3 cm³/mol. The molecule has 0 aliphatic rings. The first-order valence-corrected chi connectivity index (χ1v) is 6.89. The Bertz CT molecular complexity index is 697. The monoisotopic (exact) mass is 295 g/mol. The lowest BCUT2D eigenvalue weighted by Gasteiger charge is -2.06. The Kier molecular flexibility index (Phi) is 5.38. The van der Waals surface area contributed by atoms with Crippen LogP contribution in [0.1, 0.15) is 16.9 Å². The summed E-state index contributed by atoms with van der Waals surface area (Å²) in [6.45, 7) is 2.83. The second-order valence-corrected chi connectivity index (χ2v) is 4.74. The second kappa shape index (κ2) is 7.70. The Morgan fingerprint density at radius 2 is 2.09 bits per heavy atom. The maximum absolute atomic E-state index is 11.9. The van der Waals surface area contributed by atoms with Gasteiger partial charge in [-0.3, -0.25) is 4.79 Å². The lowest BCUT2D eigenvalue weighted by Crippen LogP contribution is -2.25. The molecule has 1 aromatic heterocycles. The Morgan fingerprint density at radius 1 is 1.27 bits per heavy atom. The highest BCUT2D eigenvalue weighted by molar-refractivity contribution is 5.97. The van der Waals surface area contributed by atoms with E-state index in [0.717, 1.165) is 11.1 Å². The van der Waals surface area contributed by atoms with Crippen molar-refractivity contribution in [2.24, 2.45) is 0 Å². The summed E-state index contributed by atoms with van der Waals surface area (Å²) in [5, 5.41) is 14.7. The average Bonchev–Trinajstić information content (AvgIpc) is 3.04. The summed E-state index contributed by atoms with van der Waals surface area (Å²) >= 11 is 0. The lowest BCUT2D eigenvalue weighted by atomic mass is 10.1. The van der Waals surface area contributed by atoms with Gasteiger partial charge in [0, 0.05) is 12.7 Å². The molecule has 0 saturated carbocycles. The highest BCUT2D eigenvalue weighted by Crippen LogP contribution is 2.06. The van der Waals surface area contributed by atoms with Gasteiger partial charge >= 0.3 is 0 Å². The van der Waals surface area contributed by atoms with Crippen LogP contribution in [-0.2, 0) is 17.9 Å². The van der Waals surface area contributed by atoms with Crippen molar-refractivity contribution in [2.45, 2.75) is 20.0 Å². The van der Waals surface area contributed by atoms with Crippen LogP contribution < -0.4 is 10.6 Å². The summed E-state index contributed by atoms with van der Waals surface area (Å²) in [5.41, 5.74) is 2.30. The topological polar surface area (TPSA) is 78.1 Å². The van der Waals surface area contributed by atoms with Gasteiger partial charge in [0.25, 0.3) is 5.91 Å². The summed E-state index contributed by atoms with van der Waals surface area (Å²) < 4.78 is 5.12. The van der Waals surface area contributed by atoms with Crippen LogP contribution in [0.2, 0.25) is 0 Å². The van der Waals surface area contributed by atoms with Crippen molar-refractivity contribution in [2.75, 3.05) is 0 Å². The first-order valence-electron chi connectivity index (χ1n) is 6.89. The fourth-order valence-corrected chi connectivity index (χ4v) is 1.90. The minimum atomic E-state index is -0.434. The van der Waals surface area contributed by atoms with E-state index in [1.807, 2.05) is 37.3 Å². The Balaban J connectivity index is 1.89. The zero-order chi connectivity index (χ0) is 15.8. The molecule has 5 nitrogen and oxygen atoms in total. The second-order valence-electron chi connectivity index (χ2n) is 4.74. The molecule has 5 heteroatoms. The maximum Gasteiger partial charge on any atom is 0.263 e. The van der Waals surface area contributed by atoms with Crippen molar-refractivity contribution in [1.29, 1.82) is 5.26 Å². The molecule has 22 heavy (non-hydrogen) atoms. The molecule has 1 aromatic carbocycles. The van der Waals surface area contributed by atoms with E-state index in [9.17, 15) is 4.79 Å². The normalized spacial score (nSPS) is 10.8. The summed E-state index contributed by atoms with van der Waals surface area (Å²) in [6, 6.07) is 13.3. The number of nitriles is 1. The number of nitrogens with zero attached hydrogens (tertiary/aromatic N) is 1. The number of aryl methyl sites for hydroxylation is 1. The van der Waals surface area contributed by atoms with Gasteiger partial charge in [-0.25, -0.2) is 0 Å². The van der Waals surface area contributed by atoms with E-state index < -0.39 is 5.91 Å². The van der Waals surface area contributed by atoms with Gasteiger partial charge in [0.05, 0.1) is 12.8 Å². The molecule has 0 aliphatic carbocycles. The van der Waals surface area contributed by atoms with Crippen molar-refractivity contribution in [1.82, 2.24) is 10.6 Å². The van der Waals surface area contributed by atoms with Gasteiger partial charge in [0.2, 0.25) is 0 Å². The van der Waals surface area contributed by atoms with Crippen LogP contribution in [0.4, 0.5) is 0 Å². The molecular weight excluding hydrogens is 278 g/mol. The Morgan fingerprint density at radius 3 is 2.77 bits per heavy atom. The number of carbonyl (C=O) groups is 1. The molecule has 0 bridgehead atoms. The van der Waals surface area contributed by atoms with Gasteiger partial charge in [-0.2, -0.15) is 5.26 Å². The third-order valence-electron chi connectivity index (χ3n) is 3.17. The molecule has 2 aromatic rings. The lowest BCUT2D eigenvalue weighted by molar-refractivity contribution is -0.117. The van der Waals surface area contributed by atoms with Crippen molar-refractivity contribution in [3.05, 3.63) is 71.3 Å². The van der Waals surface area contributed by atoms with Crippen LogP contribution in [0.25, 0.3) is 0 Å². The highest BCUT2D eigenvalue weighted by atomic mass is 16.3. The molecule has 0 fully saturated rings. The van der Waals surface area contributed by atoms with Crippen LogP contribution in [0, 0.1) is 18.3 Å². The van der Waals surface area contributed by atoms with Gasteiger partial charge in [-0.15, -0.1) is 0 Å². The van der Waals surface area contributed by atoms with E-state index in [4.69, 9.17) is 9.68 Å². The maximum atomic E-state index is 11.9. The van der Waals surface area contributed by atoms with Crippen LogP contribution in [-0.4, -0.2) is 5.91 Å². The summed E-state index contributed by atoms with van der Waals surface area (Å²) in [6.07, 6.45) is 2.97. The Labute approximate surface area is 129 Å². The fourth-order valence-electron chi connectivity index (χ4n) is 1.90. The summed E-state index contributed by atoms with van der Waals surface area (Å²) in [7, 11) is 0. The molecule has 0 aliphatic heterocycles. The van der Waals surface area contributed by atoms with Gasteiger partial charge in [-0.05, 0) is 30.2 Å². The van der Waals surface area contributed by atoms with Crippen molar-refractivity contribution < 1.29 is 9.21 Å². The van der Waals surface area contributed by atoms with Crippen LogP contribution in [0.3, 0.4) is 0 Å². The van der Waals surface area contributed by atoms with E-state index in [1.54, 1.807) is 12.1 Å². The third kappa shape index (κ3) is 4.25. The first-order chi connectivity index (χ1) is 10.7. The van der Waals surface area contributed by atoms with E-state index in [1.165, 1.54) is 12.5 Å². The fraction of sp³-hybridized carbons (Fsp3) is 0.176. The number of nitrogens with one attached hydrogen (secondary N) is 2. The number of rotatable bonds is 6. The molecule has 0 atom stereocenters. The molecule has 2 N–H and O–H groups in total. The van der Waals surface area contributed by atoms with Gasteiger partial charge in [-0.1, -0.05) is 24.3 Å². The standard InChI is InChI=1S/C17H17N3O2/c1-13-5-2-3-6-14(13)10-19-11-15(9-18)17(21)20-12-16-7-4-8-22-16/h2-8,11,19H,10,12H2,1H3,(H,20,21)/b15-11-. The number of carbonyl (C=O) groups excluding carboxylic acids is 1. The number of furan rings is 1. The molecule has 0 saturated heterocycles. The van der Waals surface area contributed by atoms with Crippen molar-refractivity contribution in [3.63, 3.8) is 0 Å². The largest absolute Gasteiger partial charge is 0.467 e. The molecule has 0 radical (unpaired) electrons. The minimum absolute atomic E-state index is 0.0279. The summed E-state index contributed by atoms with van der Waals surface area (Å²) in [4.78, 5) is 11.9. The molecule has 2 rings (SSSR count). The third-order valence-corrected chi connectivity index (χ3v) is 3.17. The molecule has 1 heterocycles. The predicted octanol–water partition coefficient (Wildman–Crippen LogP) is 2.40. The number of amides is 1. The van der Waals surface area contributed by atoms with Gasteiger partial charge in [0.1, 0.15) is 17.4 Å².